The van der Waals surface area contributed by atoms with E-state index < -0.39 is 4.92 Å². The van der Waals surface area contributed by atoms with Gasteiger partial charge < -0.3 is 11.1 Å². The minimum absolute atomic E-state index is 0.0641. The third kappa shape index (κ3) is 2.57. The maximum atomic E-state index is 10.7. The van der Waals surface area contributed by atoms with Crippen molar-refractivity contribution in [1.82, 2.24) is 0 Å². The van der Waals surface area contributed by atoms with E-state index in [9.17, 15) is 10.1 Å². The number of nitro benzene ring substituents is 1. The Hall–Kier alpha value is -1.33. The molecule has 1 aliphatic rings. The van der Waals surface area contributed by atoms with E-state index in [1.165, 1.54) is 6.07 Å². The molecule has 6 heteroatoms. The lowest BCUT2D eigenvalue weighted by atomic mass is 9.78. The van der Waals surface area contributed by atoms with Gasteiger partial charge in [-0.25, -0.2) is 0 Å². The van der Waals surface area contributed by atoms with Crippen LogP contribution < -0.4 is 11.1 Å². The van der Waals surface area contributed by atoms with E-state index in [2.05, 4.69) is 5.32 Å². The summed E-state index contributed by atoms with van der Waals surface area (Å²) >= 11 is 5.88. The molecule has 1 saturated carbocycles. The van der Waals surface area contributed by atoms with Crippen LogP contribution in [0.3, 0.4) is 0 Å². The Morgan fingerprint density at radius 1 is 1.56 bits per heavy atom. The summed E-state index contributed by atoms with van der Waals surface area (Å²) in [6.45, 7) is 2.48. The van der Waals surface area contributed by atoms with E-state index in [0.717, 1.165) is 30.5 Å². The zero-order valence-corrected chi connectivity index (χ0v) is 11.0. The first-order valence-electron chi connectivity index (χ1n) is 5.89. The van der Waals surface area contributed by atoms with Crippen molar-refractivity contribution in [2.45, 2.75) is 31.7 Å². The highest BCUT2D eigenvalue weighted by atomic mass is 35.5. The van der Waals surface area contributed by atoms with Crippen molar-refractivity contribution in [3.8, 4) is 0 Å². The number of hydrogen-bond donors (Lipinski definition) is 2. The number of nitrogens with one attached hydrogen (secondary N) is 1. The molecule has 5 nitrogen and oxygen atoms in total. The Morgan fingerprint density at radius 2 is 2.22 bits per heavy atom. The van der Waals surface area contributed by atoms with Crippen molar-refractivity contribution < 1.29 is 4.92 Å². The number of benzene rings is 1. The van der Waals surface area contributed by atoms with Gasteiger partial charge in [-0.15, -0.1) is 0 Å². The van der Waals surface area contributed by atoms with Crippen LogP contribution in [-0.4, -0.2) is 17.0 Å². The maximum Gasteiger partial charge on any atom is 0.288 e. The minimum atomic E-state index is -0.477. The molecule has 0 aliphatic heterocycles. The second kappa shape index (κ2) is 4.74. The third-order valence-electron chi connectivity index (χ3n) is 3.47. The summed E-state index contributed by atoms with van der Waals surface area (Å²) in [5.74, 6) is 0. The number of anilines is 1. The zero-order chi connectivity index (χ0) is 13.3. The van der Waals surface area contributed by atoms with E-state index in [1.54, 1.807) is 6.07 Å². The summed E-state index contributed by atoms with van der Waals surface area (Å²) < 4.78 is 0. The summed E-state index contributed by atoms with van der Waals surface area (Å²) in [7, 11) is 0. The molecule has 3 N–H and O–H groups in total. The molecule has 1 aliphatic carbocycles. The maximum absolute atomic E-state index is 10.7. The lowest BCUT2D eigenvalue weighted by Gasteiger charge is -2.38. The van der Waals surface area contributed by atoms with Crippen LogP contribution in [-0.2, 0) is 0 Å². The van der Waals surface area contributed by atoms with Gasteiger partial charge in [0.15, 0.2) is 0 Å². The average molecular weight is 270 g/mol. The van der Waals surface area contributed by atoms with Crippen LogP contribution in [0.2, 0.25) is 5.02 Å². The van der Waals surface area contributed by atoms with Crippen molar-refractivity contribution in [2.24, 2.45) is 5.73 Å². The number of nitrogens with zero attached hydrogens (tertiary/aromatic N) is 1. The van der Waals surface area contributed by atoms with Crippen molar-refractivity contribution in [3.05, 3.63) is 32.8 Å². The Kier molecular flexibility index (Phi) is 3.45. The number of nitro groups is 1. The number of nitrogens with two attached hydrogens (primary N) is 1. The van der Waals surface area contributed by atoms with Gasteiger partial charge >= 0.3 is 0 Å². The van der Waals surface area contributed by atoms with Gasteiger partial charge in [0.25, 0.3) is 5.69 Å². The molecular formula is C12H16ClN3O2. The summed E-state index contributed by atoms with van der Waals surface area (Å²) in [5.41, 5.74) is 7.52. The van der Waals surface area contributed by atoms with Crippen LogP contribution in [0.4, 0.5) is 11.4 Å². The van der Waals surface area contributed by atoms with Gasteiger partial charge in [0.2, 0.25) is 0 Å². The first-order valence-corrected chi connectivity index (χ1v) is 6.26. The first-order chi connectivity index (χ1) is 8.41. The Balaban J connectivity index is 2.13. The highest BCUT2D eigenvalue weighted by Crippen LogP contribution is 2.33. The smallest absolute Gasteiger partial charge is 0.288 e. The van der Waals surface area contributed by atoms with Gasteiger partial charge in [0, 0.05) is 23.8 Å². The molecule has 1 aromatic rings. The van der Waals surface area contributed by atoms with E-state index >= 15 is 0 Å². The van der Waals surface area contributed by atoms with Gasteiger partial charge in [-0.1, -0.05) is 11.6 Å². The normalized spacial score (nSPS) is 17.1. The average Bonchev–Trinajstić information content (AvgIpc) is 2.27. The van der Waals surface area contributed by atoms with E-state index in [1.807, 2.05) is 6.92 Å². The molecule has 0 saturated heterocycles. The lowest BCUT2D eigenvalue weighted by Crippen LogP contribution is -2.52. The van der Waals surface area contributed by atoms with Crippen LogP contribution in [0.1, 0.15) is 24.8 Å². The monoisotopic (exact) mass is 269 g/mol. The largest absolute Gasteiger partial charge is 0.383 e. The van der Waals surface area contributed by atoms with Gasteiger partial charge in [0.1, 0.15) is 5.02 Å². The lowest BCUT2D eigenvalue weighted by molar-refractivity contribution is -0.384. The fraction of sp³-hybridized carbons (Fsp3) is 0.500. The molecule has 2 rings (SSSR count). The fourth-order valence-electron chi connectivity index (χ4n) is 2.08. The van der Waals surface area contributed by atoms with Crippen molar-refractivity contribution >= 4 is 23.0 Å². The summed E-state index contributed by atoms with van der Waals surface area (Å²) in [6, 6.07) is 3.08. The van der Waals surface area contributed by atoms with Crippen molar-refractivity contribution in [3.63, 3.8) is 0 Å². The van der Waals surface area contributed by atoms with E-state index in [4.69, 9.17) is 17.3 Å². The van der Waals surface area contributed by atoms with Crippen LogP contribution in [0.5, 0.6) is 0 Å². The van der Waals surface area contributed by atoms with Gasteiger partial charge in [-0.05, 0) is 37.8 Å². The predicted molar refractivity (Wildman–Crippen MR) is 72.1 cm³/mol. The van der Waals surface area contributed by atoms with Gasteiger partial charge in [-0.2, -0.15) is 0 Å². The molecule has 0 spiro atoms. The Labute approximate surface area is 110 Å². The number of rotatable bonds is 4. The van der Waals surface area contributed by atoms with Crippen molar-refractivity contribution in [2.75, 3.05) is 11.9 Å². The zero-order valence-electron chi connectivity index (χ0n) is 10.2. The molecule has 0 amide bonds. The molecule has 1 aromatic carbocycles. The molecule has 0 unspecified atom stereocenters. The molecule has 0 aromatic heterocycles. The van der Waals surface area contributed by atoms with Crippen LogP contribution in [0.15, 0.2) is 12.1 Å². The number of halogens is 1. The fourth-order valence-corrected chi connectivity index (χ4v) is 2.31. The summed E-state index contributed by atoms with van der Waals surface area (Å²) in [5, 5.41) is 14.1. The number of hydrogen-bond acceptors (Lipinski definition) is 4. The quantitative estimate of drug-likeness (QED) is 0.650. The molecule has 1 fully saturated rings. The Morgan fingerprint density at radius 3 is 2.72 bits per heavy atom. The Bertz CT molecular complexity index is 486. The number of aryl methyl sites for hydroxylation is 1. The second-order valence-corrected chi connectivity index (χ2v) is 5.35. The standard InChI is InChI=1S/C12H16ClN3O2/c1-8-5-11(16(17)18)9(13)6-10(8)15-7-12(14)3-2-4-12/h5-6,15H,2-4,7,14H2,1H3. The van der Waals surface area contributed by atoms with Gasteiger partial charge in [-0.3, -0.25) is 10.1 Å². The molecule has 98 valence electrons. The van der Waals surface area contributed by atoms with Crippen LogP contribution in [0.25, 0.3) is 0 Å². The SMILES string of the molecule is Cc1cc([N+](=O)[O-])c(Cl)cc1NCC1(N)CCC1. The van der Waals surface area contributed by atoms with E-state index in [-0.39, 0.29) is 16.2 Å². The second-order valence-electron chi connectivity index (χ2n) is 4.95. The van der Waals surface area contributed by atoms with Crippen molar-refractivity contribution in [1.29, 1.82) is 0 Å². The molecular weight excluding hydrogens is 254 g/mol. The summed E-state index contributed by atoms with van der Waals surface area (Å²) in [4.78, 5) is 10.3. The minimum Gasteiger partial charge on any atom is -0.383 e. The molecule has 0 atom stereocenters. The van der Waals surface area contributed by atoms with Crippen LogP contribution >= 0.6 is 11.6 Å². The first kappa shape index (κ1) is 13.1. The molecule has 0 heterocycles. The highest BCUT2D eigenvalue weighted by molar-refractivity contribution is 6.33. The predicted octanol–water partition coefficient (Wildman–Crippen LogP) is 2.85. The third-order valence-corrected chi connectivity index (χ3v) is 3.77. The van der Waals surface area contributed by atoms with E-state index in [0.29, 0.717) is 6.54 Å². The molecule has 18 heavy (non-hydrogen) atoms. The van der Waals surface area contributed by atoms with Gasteiger partial charge in [0.05, 0.1) is 4.92 Å². The summed E-state index contributed by atoms with van der Waals surface area (Å²) in [6.07, 6.45) is 3.19. The highest BCUT2D eigenvalue weighted by Gasteiger charge is 2.32. The molecule has 0 radical (unpaired) electrons. The topological polar surface area (TPSA) is 81.2 Å². The molecule has 0 bridgehead atoms. The van der Waals surface area contributed by atoms with Crippen LogP contribution in [0, 0.1) is 17.0 Å².